The molecule has 1 amide bonds. The summed E-state index contributed by atoms with van der Waals surface area (Å²) in [4.78, 5) is 26.1. The summed E-state index contributed by atoms with van der Waals surface area (Å²) in [6.45, 7) is 9.58. The third-order valence-electron chi connectivity index (χ3n) is 6.52. The molecule has 0 aromatic heterocycles. The molecule has 182 valence electrons. The smallest absolute Gasteiger partial charge is 0.335 e. The number of hydrogen-bond donors (Lipinski definition) is 1. The molecule has 0 fully saturated rings. The number of hydrogen-bond acceptors (Lipinski definition) is 3. The van der Waals surface area contributed by atoms with Crippen molar-refractivity contribution in [2.75, 3.05) is 20.3 Å². The van der Waals surface area contributed by atoms with Crippen LogP contribution >= 0.6 is 11.6 Å². The average molecular weight is 484 g/mol. The Bertz CT molecular complexity index is 1080. The molecule has 0 aliphatic carbocycles. The van der Waals surface area contributed by atoms with Crippen molar-refractivity contribution in [3.8, 4) is 0 Å². The number of allylic oxidation sites excluding steroid dienone is 1. The maximum absolute atomic E-state index is 13.1. The number of rotatable bonds is 8. The van der Waals surface area contributed by atoms with Crippen LogP contribution in [0.1, 0.15) is 67.6 Å². The minimum absolute atomic E-state index is 0.0124. The molecule has 1 atom stereocenters. The summed E-state index contributed by atoms with van der Waals surface area (Å²) in [5.41, 5.74) is 3.70. The summed E-state index contributed by atoms with van der Waals surface area (Å²) >= 11 is 6.73. The molecular weight excluding hydrogens is 450 g/mol. The van der Waals surface area contributed by atoms with E-state index in [1.807, 2.05) is 12.3 Å². The number of ether oxygens (including phenoxy) is 1. The first kappa shape index (κ1) is 26.0. The number of carbonyl (C=O) groups excluding carboxylic acids is 1. The van der Waals surface area contributed by atoms with Gasteiger partial charge >= 0.3 is 5.97 Å². The molecule has 2 aromatic rings. The lowest BCUT2D eigenvalue weighted by atomic mass is 9.69. The Balaban J connectivity index is 2.04. The molecule has 6 heteroatoms. The van der Waals surface area contributed by atoms with E-state index >= 15 is 0 Å². The second kappa shape index (κ2) is 10.3. The molecule has 1 heterocycles. The highest BCUT2D eigenvalue weighted by Gasteiger charge is 2.40. The van der Waals surface area contributed by atoms with Crippen LogP contribution in [0.2, 0.25) is 5.02 Å². The van der Waals surface area contributed by atoms with Gasteiger partial charge in [0.15, 0.2) is 0 Å². The van der Waals surface area contributed by atoms with E-state index in [0.717, 1.165) is 35.1 Å². The fourth-order valence-electron chi connectivity index (χ4n) is 4.29. The Labute approximate surface area is 207 Å². The van der Waals surface area contributed by atoms with Crippen LogP contribution in [0.15, 0.2) is 48.7 Å². The number of aryl methyl sites for hydroxylation is 1. The minimum Gasteiger partial charge on any atom is -0.478 e. The fourth-order valence-corrected chi connectivity index (χ4v) is 4.57. The minimum atomic E-state index is -0.971. The SMILES string of the molecule is COCCN1C=C(c2ccc(C(=O)O)cc2)[C@](C)(c2ccc(CCC(C)(C)C)c(Cl)c2)CC1=O. The molecule has 0 spiro atoms. The molecule has 1 aliphatic heterocycles. The van der Waals surface area contributed by atoms with Crippen molar-refractivity contribution < 1.29 is 19.4 Å². The quantitative estimate of drug-likeness (QED) is 0.485. The van der Waals surface area contributed by atoms with Crippen LogP contribution in [0, 0.1) is 5.41 Å². The third kappa shape index (κ3) is 5.89. The highest BCUT2D eigenvalue weighted by molar-refractivity contribution is 6.31. The van der Waals surface area contributed by atoms with Crippen molar-refractivity contribution >= 4 is 29.1 Å². The molecule has 3 rings (SSSR count). The number of halogens is 1. The van der Waals surface area contributed by atoms with E-state index < -0.39 is 11.4 Å². The zero-order chi connectivity index (χ0) is 25.1. The van der Waals surface area contributed by atoms with Crippen LogP contribution in [-0.4, -0.2) is 42.1 Å². The van der Waals surface area contributed by atoms with E-state index in [2.05, 4.69) is 39.8 Å². The Kier molecular flexibility index (Phi) is 7.89. The van der Waals surface area contributed by atoms with E-state index in [0.29, 0.717) is 18.2 Å². The van der Waals surface area contributed by atoms with Gasteiger partial charge in [0.05, 0.1) is 12.2 Å². The largest absolute Gasteiger partial charge is 0.478 e. The molecular formula is C28H34ClNO4. The van der Waals surface area contributed by atoms with Gasteiger partial charge in [-0.15, -0.1) is 0 Å². The maximum atomic E-state index is 13.1. The molecule has 1 aliphatic rings. The second-order valence-electron chi connectivity index (χ2n) is 10.4. The molecule has 5 nitrogen and oxygen atoms in total. The first-order chi connectivity index (χ1) is 15.9. The summed E-state index contributed by atoms with van der Waals surface area (Å²) in [6, 6.07) is 12.9. The van der Waals surface area contributed by atoms with Crippen LogP contribution in [0.3, 0.4) is 0 Å². The zero-order valence-corrected chi connectivity index (χ0v) is 21.4. The van der Waals surface area contributed by atoms with Crippen LogP contribution in [0.5, 0.6) is 0 Å². The summed E-state index contributed by atoms with van der Waals surface area (Å²) < 4.78 is 5.18. The predicted octanol–water partition coefficient (Wildman–Crippen LogP) is 6.19. The Hall–Kier alpha value is -2.63. The van der Waals surface area contributed by atoms with Gasteiger partial charge in [-0.25, -0.2) is 4.79 Å². The van der Waals surface area contributed by atoms with Gasteiger partial charge in [-0.1, -0.05) is 63.6 Å². The molecule has 0 saturated heterocycles. The van der Waals surface area contributed by atoms with Gasteiger partial charge in [-0.05, 0) is 58.7 Å². The molecule has 0 bridgehead atoms. The van der Waals surface area contributed by atoms with Crippen molar-refractivity contribution in [1.29, 1.82) is 0 Å². The molecule has 34 heavy (non-hydrogen) atoms. The molecule has 0 radical (unpaired) electrons. The number of amides is 1. The van der Waals surface area contributed by atoms with Crippen molar-refractivity contribution in [1.82, 2.24) is 4.90 Å². The lowest BCUT2D eigenvalue weighted by Crippen LogP contribution is -2.41. The monoisotopic (exact) mass is 483 g/mol. The van der Waals surface area contributed by atoms with Crippen molar-refractivity contribution in [3.05, 3.63) is 75.9 Å². The van der Waals surface area contributed by atoms with Crippen molar-refractivity contribution in [2.45, 2.75) is 52.4 Å². The number of nitrogens with zero attached hydrogens (tertiary/aromatic N) is 1. The van der Waals surface area contributed by atoms with Gasteiger partial charge < -0.3 is 14.7 Å². The van der Waals surface area contributed by atoms with Gasteiger partial charge in [0.2, 0.25) is 5.91 Å². The Morgan fingerprint density at radius 3 is 2.41 bits per heavy atom. The number of carboxylic acids is 1. The van der Waals surface area contributed by atoms with E-state index in [1.54, 1.807) is 36.3 Å². The average Bonchev–Trinajstić information content (AvgIpc) is 2.77. The summed E-state index contributed by atoms with van der Waals surface area (Å²) in [5.74, 6) is -0.958. The van der Waals surface area contributed by atoms with Gasteiger partial charge in [-0.2, -0.15) is 0 Å². The zero-order valence-electron chi connectivity index (χ0n) is 20.7. The first-order valence-electron chi connectivity index (χ1n) is 11.6. The number of carbonyl (C=O) groups is 2. The van der Waals surface area contributed by atoms with Crippen molar-refractivity contribution in [3.63, 3.8) is 0 Å². The topological polar surface area (TPSA) is 66.8 Å². The highest BCUT2D eigenvalue weighted by Crippen LogP contribution is 2.45. The lowest BCUT2D eigenvalue weighted by Gasteiger charge is -2.40. The summed E-state index contributed by atoms with van der Waals surface area (Å²) in [6.07, 6.45) is 4.07. The highest BCUT2D eigenvalue weighted by atomic mass is 35.5. The van der Waals surface area contributed by atoms with Gasteiger partial charge in [0.25, 0.3) is 0 Å². The van der Waals surface area contributed by atoms with E-state index in [-0.39, 0.29) is 23.3 Å². The van der Waals surface area contributed by atoms with Gasteiger partial charge in [-0.3, -0.25) is 4.79 Å². The lowest BCUT2D eigenvalue weighted by molar-refractivity contribution is -0.130. The van der Waals surface area contributed by atoms with E-state index in [4.69, 9.17) is 16.3 Å². The summed E-state index contributed by atoms with van der Waals surface area (Å²) in [5, 5.41) is 10.0. The molecule has 2 aromatic carbocycles. The van der Waals surface area contributed by atoms with Crippen LogP contribution in [0.4, 0.5) is 0 Å². The van der Waals surface area contributed by atoms with Crippen molar-refractivity contribution in [2.24, 2.45) is 5.41 Å². The normalized spacial score (nSPS) is 18.7. The first-order valence-corrected chi connectivity index (χ1v) is 12.0. The number of methoxy groups -OCH3 is 1. The molecule has 1 N–H and O–H groups in total. The van der Waals surface area contributed by atoms with Crippen LogP contribution in [-0.2, 0) is 21.4 Å². The number of benzene rings is 2. The summed E-state index contributed by atoms with van der Waals surface area (Å²) in [7, 11) is 1.61. The molecule has 0 saturated carbocycles. The predicted molar refractivity (Wildman–Crippen MR) is 136 cm³/mol. The Morgan fingerprint density at radius 1 is 1.18 bits per heavy atom. The standard InChI is InChI=1S/C28H34ClNO4/c1-27(2,3)13-12-20-10-11-22(16-24(20)29)28(4)17-25(31)30(14-15-34-5)18-23(28)19-6-8-21(9-7-19)26(32)33/h6-11,16,18H,12-15,17H2,1-5H3,(H,32,33)/t28-/m0/s1. The maximum Gasteiger partial charge on any atom is 0.335 e. The van der Waals surface area contributed by atoms with Crippen LogP contribution in [0.25, 0.3) is 5.57 Å². The number of carboxylic acid groups (broad SMARTS) is 1. The third-order valence-corrected chi connectivity index (χ3v) is 6.87. The van der Waals surface area contributed by atoms with Gasteiger partial charge in [0, 0.05) is 36.7 Å². The number of aromatic carboxylic acids is 1. The van der Waals surface area contributed by atoms with Crippen LogP contribution < -0.4 is 0 Å². The Morgan fingerprint density at radius 2 is 1.85 bits per heavy atom. The fraction of sp³-hybridized carbons (Fsp3) is 0.429. The van der Waals surface area contributed by atoms with E-state index in [9.17, 15) is 14.7 Å². The van der Waals surface area contributed by atoms with E-state index in [1.165, 1.54) is 0 Å². The van der Waals surface area contributed by atoms with Gasteiger partial charge in [0.1, 0.15) is 0 Å². The molecule has 0 unspecified atom stereocenters. The second-order valence-corrected chi connectivity index (χ2v) is 10.8.